The minimum absolute atomic E-state index is 0.0673. The van der Waals surface area contributed by atoms with Crippen molar-refractivity contribution >= 4 is 0 Å². The molecular formula is C15H17NO2. The second-order valence-corrected chi connectivity index (χ2v) is 4.14. The second kappa shape index (κ2) is 6.19. The van der Waals surface area contributed by atoms with Crippen LogP contribution in [0.5, 0.6) is 5.75 Å². The van der Waals surface area contributed by atoms with Crippen LogP contribution in [0.4, 0.5) is 0 Å². The summed E-state index contributed by atoms with van der Waals surface area (Å²) >= 11 is 0. The number of aliphatic hydroxyl groups excluding tert-OH is 1. The summed E-state index contributed by atoms with van der Waals surface area (Å²) in [6.45, 7) is 0.459. The van der Waals surface area contributed by atoms with Crippen molar-refractivity contribution < 1.29 is 9.84 Å². The molecule has 3 N–H and O–H groups in total. The summed E-state index contributed by atoms with van der Waals surface area (Å²) in [6.07, 6.45) is 0. The van der Waals surface area contributed by atoms with Crippen LogP contribution in [0, 0.1) is 0 Å². The van der Waals surface area contributed by atoms with Gasteiger partial charge in [0.15, 0.2) is 0 Å². The Kier molecular flexibility index (Phi) is 4.34. The van der Waals surface area contributed by atoms with Crippen LogP contribution in [-0.4, -0.2) is 11.7 Å². The van der Waals surface area contributed by atoms with E-state index in [2.05, 4.69) is 0 Å². The molecule has 0 radical (unpaired) electrons. The summed E-state index contributed by atoms with van der Waals surface area (Å²) in [5.74, 6) is 0.764. The molecule has 1 atom stereocenters. The quantitative estimate of drug-likeness (QED) is 0.847. The Hall–Kier alpha value is -1.84. The first kappa shape index (κ1) is 12.6. The number of hydrogen-bond acceptors (Lipinski definition) is 3. The van der Waals surface area contributed by atoms with Crippen molar-refractivity contribution in [1.29, 1.82) is 0 Å². The van der Waals surface area contributed by atoms with Crippen molar-refractivity contribution in [3.8, 4) is 5.75 Å². The van der Waals surface area contributed by atoms with Gasteiger partial charge < -0.3 is 15.6 Å². The van der Waals surface area contributed by atoms with Gasteiger partial charge in [-0.25, -0.2) is 0 Å². The summed E-state index contributed by atoms with van der Waals surface area (Å²) in [5, 5.41) is 9.02. The molecule has 0 spiro atoms. The third-order valence-electron chi connectivity index (χ3n) is 2.73. The molecule has 1 unspecified atom stereocenters. The molecule has 0 bridgehead atoms. The number of hydrogen-bond donors (Lipinski definition) is 2. The van der Waals surface area contributed by atoms with E-state index in [0.29, 0.717) is 6.61 Å². The molecule has 0 aliphatic heterocycles. The van der Waals surface area contributed by atoms with E-state index < -0.39 is 0 Å². The van der Waals surface area contributed by atoms with Gasteiger partial charge in [-0.1, -0.05) is 42.5 Å². The van der Waals surface area contributed by atoms with E-state index >= 15 is 0 Å². The van der Waals surface area contributed by atoms with Crippen molar-refractivity contribution in [2.24, 2.45) is 5.73 Å². The first-order valence-corrected chi connectivity index (χ1v) is 5.92. The Balaban J connectivity index is 2.01. The zero-order chi connectivity index (χ0) is 12.8. The summed E-state index contributed by atoms with van der Waals surface area (Å²) < 4.78 is 5.69. The van der Waals surface area contributed by atoms with E-state index in [9.17, 15) is 0 Å². The molecule has 0 saturated heterocycles. The van der Waals surface area contributed by atoms with Gasteiger partial charge in [-0.2, -0.15) is 0 Å². The highest BCUT2D eigenvalue weighted by atomic mass is 16.5. The molecule has 2 aromatic carbocycles. The average molecular weight is 243 g/mol. The molecule has 2 rings (SSSR count). The highest BCUT2D eigenvalue weighted by Gasteiger charge is 2.05. The molecule has 2 aromatic rings. The van der Waals surface area contributed by atoms with E-state index in [1.165, 1.54) is 0 Å². The van der Waals surface area contributed by atoms with Gasteiger partial charge in [-0.05, 0) is 23.3 Å². The molecule has 0 aliphatic rings. The fraction of sp³-hybridized carbons (Fsp3) is 0.200. The average Bonchev–Trinajstić information content (AvgIpc) is 2.45. The predicted octanol–water partition coefficient (Wildman–Crippen LogP) is 2.26. The molecular weight excluding hydrogens is 226 g/mol. The molecule has 94 valence electrons. The Morgan fingerprint density at radius 3 is 2.56 bits per heavy atom. The summed E-state index contributed by atoms with van der Waals surface area (Å²) in [7, 11) is 0. The van der Waals surface area contributed by atoms with E-state index in [1.807, 2.05) is 54.6 Å². The van der Waals surface area contributed by atoms with Crippen LogP contribution in [0.25, 0.3) is 0 Å². The predicted molar refractivity (Wildman–Crippen MR) is 71.2 cm³/mol. The minimum atomic E-state index is -0.356. The maximum Gasteiger partial charge on any atom is 0.120 e. The number of ether oxygens (including phenoxy) is 1. The van der Waals surface area contributed by atoms with Crippen LogP contribution in [-0.2, 0) is 6.61 Å². The first-order valence-electron chi connectivity index (χ1n) is 5.92. The van der Waals surface area contributed by atoms with Gasteiger partial charge in [-0.15, -0.1) is 0 Å². The van der Waals surface area contributed by atoms with Gasteiger partial charge in [0.2, 0.25) is 0 Å². The van der Waals surface area contributed by atoms with E-state index in [0.717, 1.165) is 16.9 Å². The molecule has 0 amide bonds. The van der Waals surface area contributed by atoms with E-state index in [-0.39, 0.29) is 12.6 Å². The van der Waals surface area contributed by atoms with Crippen molar-refractivity contribution in [1.82, 2.24) is 0 Å². The van der Waals surface area contributed by atoms with Gasteiger partial charge in [0.25, 0.3) is 0 Å². The maximum atomic E-state index is 9.02. The number of aliphatic hydroxyl groups is 1. The number of rotatable bonds is 5. The Labute approximate surface area is 107 Å². The fourth-order valence-electron chi connectivity index (χ4n) is 1.68. The molecule has 0 aromatic heterocycles. The van der Waals surface area contributed by atoms with E-state index in [4.69, 9.17) is 15.6 Å². The van der Waals surface area contributed by atoms with Gasteiger partial charge >= 0.3 is 0 Å². The fourth-order valence-corrected chi connectivity index (χ4v) is 1.68. The zero-order valence-electron chi connectivity index (χ0n) is 10.1. The normalized spacial score (nSPS) is 12.1. The van der Waals surface area contributed by atoms with Crippen molar-refractivity contribution in [2.75, 3.05) is 6.61 Å². The third-order valence-corrected chi connectivity index (χ3v) is 2.73. The number of benzene rings is 2. The largest absolute Gasteiger partial charge is 0.489 e. The minimum Gasteiger partial charge on any atom is -0.489 e. The number of nitrogens with two attached hydrogens (primary N) is 1. The van der Waals surface area contributed by atoms with Crippen LogP contribution in [0.2, 0.25) is 0 Å². The molecule has 0 heterocycles. The van der Waals surface area contributed by atoms with E-state index in [1.54, 1.807) is 0 Å². The lowest BCUT2D eigenvalue weighted by molar-refractivity contribution is 0.267. The lowest BCUT2D eigenvalue weighted by atomic mass is 10.1. The third kappa shape index (κ3) is 3.32. The highest BCUT2D eigenvalue weighted by Crippen LogP contribution is 2.18. The van der Waals surface area contributed by atoms with Gasteiger partial charge in [-0.3, -0.25) is 0 Å². The standard InChI is InChI=1S/C15H17NO2/c16-15(10-17)13-7-4-8-14(9-13)18-11-12-5-2-1-3-6-12/h1-9,15,17H,10-11,16H2. The second-order valence-electron chi connectivity index (χ2n) is 4.14. The van der Waals surface area contributed by atoms with Crippen LogP contribution >= 0.6 is 0 Å². The van der Waals surface area contributed by atoms with Crippen molar-refractivity contribution in [2.45, 2.75) is 12.6 Å². The Bertz CT molecular complexity index is 485. The first-order chi connectivity index (χ1) is 8.79. The Morgan fingerprint density at radius 1 is 1.06 bits per heavy atom. The lowest BCUT2D eigenvalue weighted by Gasteiger charge is -2.11. The summed E-state index contributed by atoms with van der Waals surface area (Å²) in [4.78, 5) is 0. The van der Waals surface area contributed by atoms with Crippen LogP contribution in [0.3, 0.4) is 0 Å². The topological polar surface area (TPSA) is 55.5 Å². The van der Waals surface area contributed by atoms with Gasteiger partial charge in [0.05, 0.1) is 12.6 Å². The van der Waals surface area contributed by atoms with Crippen LogP contribution < -0.4 is 10.5 Å². The smallest absolute Gasteiger partial charge is 0.120 e. The van der Waals surface area contributed by atoms with Crippen molar-refractivity contribution in [3.05, 3.63) is 65.7 Å². The highest BCUT2D eigenvalue weighted by molar-refractivity contribution is 5.30. The summed E-state index contributed by atoms with van der Waals surface area (Å²) in [5.41, 5.74) is 7.76. The molecule has 18 heavy (non-hydrogen) atoms. The maximum absolute atomic E-state index is 9.02. The molecule has 0 fully saturated rings. The molecule has 3 nitrogen and oxygen atoms in total. The Morgan fingerprint density at radius 2 is 1.83 bits per heavy atom. The monoisotopic (exact) mass is 243 g/mol. The summed E-state index contributed by atoms with van der Waals surface area (Å²) in [6, 6.07) is 17.1. The van der Waals surface area contributed by atoms with Crippen molar-refractivity contribution in [3.63, 3.8) is 0 Å². The molecule has 0 saturated carbocycles. The van der Waals surface area contributed by atoms with Gasteiger partial charge in [0, 0.05) is 0 Å². The van der Waals surface area contributed by atoms with Crippen LogP contribution in [0.1, 0.15) is 17.2 Å². The zero-order valence-corrected chi connectivity index (χ0v) is 10.1. The SMILES string of the molecule is NC(CO)c1cccc(OCc2ccccc2)c1. The molecule has 3 heteroatoms. The lowest BCUT2D eigenvalue weighted by Crippen LogP contribution is -2.14. The van der Waals surface area contributed by atoms with Crippen LogP contribution in [0.15, 0.2) is 54.6 Å². The molecule has 0 aliphatic carbocycles. The van der Waals surface area contributed by atoms with Gasteiger partial charge in [0.1, 0.15) is 12.4 Å².